The molecule has 0 aromatic heterocycles. The van der Waals surface area contributed by atoms with Gasteiger partial charge in [0, 0.05) is 44.2 Å². The first-order valence-corrected chi connectivity index (χ1v) is 7.94. The molecule has 21 heavy (non-hydrogen) atoms. The Kier molecular flexibility index (Phi) is 6.49. The van der Waals surface area contributed by atoms with Crippen LogP contribution in [0.25, 0.3) is 0 Å². The van der Waals surface area contributed by atoms with Gasteiger partial charge in [-0.2, -0.15) is 0 Å². The van der Waals surface area contributed by atoms with Crippen LogP contribution in [-0.2, 0) is 11.2 Å². The number of benzene rings is 1. The lowest BCUT2D eigenvalue weighted by atomic mass is 10.1. The first-order chi connectivity index (χ1) is 10.1. The summed E-state index contributed by atoms with van der Waals surface area (Å²) in [6.07, 6.45) is 1.52. The summed E-state index contributed by atoms with van der Waals surface area (Å²) in [4.78, 5) is 16.3. The van der Waals surface area contributed by atoms with Crippen LogP contribution in [0.15, 0.2) is 24.3 Å². The van der Waals surface area contributed by atoms with Crippen LogP contribution < -0.4 is 5.32 Å². The molecule has 1 fully saturated rings. The minimum atomic E-state index is 0.262. The van der Waals surface area contributed by atoms with Crippen LogP contribution in [0.2, 0.25) is 5.02 Å². The summed E-state index contributed by atoms with van der Waals surface area (Å²) in [6, 6.07) is 7.91. The van der Waals surface area contributed by atoms with E-state index < -0.39 is 0 Å². The highest BCUT2D eigenvalue weighted by atomic mass is 35.5. The van der Waals surface area contributed by atoms with Crippen LogP contribution >= 0.6 is 11.6 Å². The Morgan fingerprint density at radius 3 is 2.71 bits per heavy atom. The number of amides is 1. The predicted molar refractivity (Wildman–Crippen MR) is 86.7 cm³/mol. The van der Waals surface area contributed by atoms with Gasteiger partial charge < -0.3 is 15.1 Å². The van der Waals surface area contributed by atoms with E-state index in [0.29, 0.717) is 6.42 Å². The third-order valence-electron chi connectivity index (χ3n) is 3.85. The topological polar surface area (TPSA) is 35.6 Å². The molecule has 0 radical (unpaired) electrons. The number of carbonyl (C=O) groups is 1. The monoisotopic (exact) mass is 309 g/mol. The zero-order chi connectivity index (χ0) is 15.1. The van der Waals surface area contributed by atoms with Crippen molar-refractivity contribution >= 4 is 17.5 Å². The van der Waals surface area contributed by atoms with E-state index in [-0.39, 0.29) is 5.91 Å². The van der Waals surface area contributed by atoms with Crippen molar-refractivity contribution < 1.29 is 4.79 Å². The van der Waals surface area contributed by atoms with E-state index in [1.807, 2.05) is 23.1 Å². The summed E-state index contributed by atoms with van der Waals surface area (Å²) in [7, 11) is 2.10. The zero-order valence-electron chi connectivity index (χ0n) is 12.6. The predicted octanol–water partition coefficient (Wildman–Crippen LogP) is 1.64. The summed E-state index contributed by atoms with van der Waals surface area (Å²) < 4.78 is 0. The Morgan fingerprint density at radius 1 is 1.24 bits per heavy atom. The quantitative estimate of drug-likeness (QED) is 0.812. The maximum Gasteiger partial charge on any atom is 0.223 e. The molecule has 1 aromatic carbocycles. The number of rotatable bonds is 6. The molecular formula is C16H24ClN3O. The number of hydrogen-bond acceptors (Lipinski definition) is 3. The zero-order valence-corrected chi connectivity index (χ0v) is 13.4. The molecule has 1 aromatic rings. The third kappa shape index (κ3) is 5.65. The molecule has 1 aliphatic heterocycles. The second-order valence-electron chi connectivity index (χ2n) is 5.56. The third-order valence-corrected chi connectivity index (χ3v) is 4.09. The Bertz CT molecular complexity index is 459. The Balaban J connectivity index is 1.58. The molecule has 5 heteroatoms. The van der Waals surface area contributed by atoms with Crippen molar-refractivity contribution in [2.24, 2.45) is 0 Å². The average Bonchev–Trinajstić information content (AvgIpc) is 2.47. The Hall–Kier alpha value is -1.10. The molecule has 0 atom stereocenters. The van der Waals surface area contributed by atoms with Crippen molar-refractivity contribution in [1.29, 1.82) is 0 Å². The van der Waals surface area contributed by atoms with Crippen molar-refractivity contribution in [3.8, 4) is 0 Å². The van der Waals surface area contributed by atoms with E-state index in [9.17, 15) is 4.79 Å². The van der Waals surface area contributed by atoms with Crippen molar-refractivity contribution in [3.05, 3.63) is 34.9 Å². The van der Waals surface area contributed by atoms with Gasteiger partial charge in [-0.05, 0) is 37.7 Å². The van der Waals surface area contributed by atoms with E-state index in [2.05, 4.69) is 23.3 Å². The van der Waals surface area contributed by atoms with E-state index in [1.165, 1.54) is 5.56 Å². The lowest BCUT2D eigenvalue weighted by Gasteiger charge is -2.32. The highest BCUT2D eigenvalue weighted by molar-refractivity contribution is 6.30. The minimum absolute atomic E-state index is 0.262. The highest BCUT2D eigenvalue weighted by Gasteiger charge is 2.18. The molecule has 1 heterocycles. The first-order valence-electron chi connectivity index (χ1n) is 7.56. The maximum absolute atomic E-state index is 12.0. The summed E-state index contributed by atoms with van der Waals surface area (Å²) in [5.74, 6) is 0.262. The van der Waals surface area contributed by atoms with Crippen molar-refractivity contribution in [3.63, 3.8) is 0 Å². The molecule has 1 amide bonds. The molecule has 2 rings (SSSR count). The van der Waals surface area contributed by atoms with Crippen LogP contribution in [-0.4, -0.2) is 62.0 Å². The van der Waals surface area contributed by atoms with Gasteiger partial charge in [0.1, 0.15) is 0 Å². The average molecular weight is 310 g/mol. The molecule has 116 valence electrons. The van der Waals surface area contributed by atoms with Crippen LogP contribution in [0.3, 0.4) is 0 Å². The highest BCUT2D eigenvalue weighted by Crippen LogP contribution is 2.10. The lowest BCUT2D eigenvalue weighted by molar-refractivity contribution is -0.132. The number of halogens is 1. The molecule has 1 N–H and O–H groups in total. The Morgan fingerprint density at radius 2 is 2.00 bits per heavy atom. The van der Waals surface area contributed by atoms with E-state index in [4.69, 9.17) is 11.6 Å². The van der Waals surface area contributed by atoms with Gasteiger partial charge in [-0.15, -0.1) is 0 Å². The van der Waals surface area contributed by atoms with E-state index in [1.54, 1.807) is 0 Å². The van der Waals surface area contributed by atoms with Crippen molar-refractivity contribution in [1.82, 2.24) is 15.1 Å². The molecule has 0 aliphatic carbocycles. The number of nitrogens with one attached hydrogen (secondary N) is 1. The molecule has 0 saturated carbocycles. The molecule has 0 spiro atoms. The fourth-order valence-corrected chi connectivity index (χ4v) is 2.67. The fourth-order valence-electron chi connectivity index (χ4n) is 2.46. The van der Waals surface area contributed by atoms with Crippen molar-refractivity contribution in [2.75, 3.05) is 46.3 Å². The van der Waals surface area contributed by atoms with Crippen LogP contribution in [0.4, 0.5) is 0 Å². The summed E-state index contributed by atoms with van der Waals surface area (Å²) in [5, 5.41) is 4.11. The standard InChI is InChI=1S/C16H24ClN3O/c1-19-9-11-20(12-10-19)16(21)6-8-18-7-5-14-3-2-4-15(17)13-14/h2-4,13,18H,5-12H2,1H3. The molecule has 1 saturated heterocycles. The number of hydrogen-bond donors (Lipinski definition) is 1. The van der Waals surface area contributed by atoms with Gasteiger partial charge in [0.15, 0.2) is 0 Å². The molecule has 0 bridgehead atoms. The summed E-state index contributed by atoms with van der Waals surface area (Å²) >= 11 is 5.95. The fraction of sp³-hybridized carbons (Fsp3) is 0.562. The summed E-state index contributed by atoms with van der Waals surface area (Å²) in [5.41, 5.74) is 1.22. The second kappa shape index (κ2) is 8.37. The normalized spacial score (nSPS) is 16.2. The number of likely N-dealkylation sites (N-methyl/N-ethyl adjacent to an activating group) is 1. The number of nitrogens with zero attached hydrogens (tertiary/aromatic N) is 2. The SMILES string of the molecule is CN1CCN(C(=O)CCNCCc2cccc(Cl)c2)CC1. The molecule has 0 unspecified atom stereocenters. The second-order valence-corrected chi connectivity index (χ2v) is 6.00. The van der Waals surface area contributed by atoms with Gasteiger partial charge in [0.25, 0.3) is 0 Å². The van der Waals surface area contributed by atoms with Gasteiger partial charge in [-0.25, -0.2) is 0 Å². The first kappa shape index (κ1) is 16.3. The smallest absolute Gasteiger partial charge is 0.223 e. The maximum atomic E-state index is 12.0. The van der Waals surface area contributed by atoms with Crippen LogP contribution in [0.5, 0.6) is 0 Å². The molecule has 1 aliphatic rings. The molecule has 4 nitrogen and oxygen atoms in total. The largest absolute Gasteiger partial charge is 0.340 e. The van der Waals surface area contributed by atoms with Gasteiger partial charge in [-0.3, -0.25) is 4.79 Å². The van der Waals surface area contributed by atoms with Gasteiger partial charge in [0.05, 0.1) is 0 Å². The van der Waals surface area contributed by atoms with Crippen molar-refractivity contribution in [2.45, 2.75) is 12.8 Å². The number of carbonyl (C=O) groups excluding carboxylic acids is 1. The van der Waals surface area contributed by atoms with Gasteiger partial charge in [0.2, 0.25) is 5.91 Å². The van der Waals surface area contributed by atoms with Crippen LogP contribution in [0, 0.1) is 0 Å². The lowest BCUT2D eigenvalue weighted by Crippen LogP contribution is -2.47. The van der Waals surface area contributed by atoms with Gasteiger partial charge >= 0.3 is 0 Å². The van der Waals surface area contributed by atoms with E-state index in [0.717, 1.165) is 50.7 Å². The van der Waals surface area contributed by atoms with E-state index >= 15 is 0 Å². The van der Waals surface area contributed by atoms with Gasteiger partial charge in [-0.1, -0.05) is 23.7 Å². The molecular weight excluding hydrogens is 286 g/mol. The van der Waals surface area contributed by atoms with Crippen LogP contribution in [0.1, 0.15) is 12.0 Å². The minimum Gasteiger partial charge on any atom is -0.340 e. The summed E-state index contributed by atoms with van der Waals surface area (Å²) in [6.45, 7) is 5.29. The Labute approximate surface area is 132 Å². The number of piperazine rings is 1.